The first kappa shape index (κ1) is 15.0. The van der Waals surface area contributed by atoms with Crippen LogP contribution in [0.2, 0.25) is 15.1 Å². The van der Waals surface area contributed by atoms with Crippen molar-refractivity contribution in [2.75, 3.05) is 0 Å². The summed E-state index contributed by atoms with van der Waals surface area (Å²) in [6, 6.07) is 11.0. The van der Waals surface area contributed by atoms with Gasteiger partial charge in [-0.15, -0.1) is 0 Å². The maximum absolute atomic E-state index is 11.4. The first-order chi connectivity index (χ1) is 9.47. The zero-order valence-electron chi connectivity index (χ0n) is 10.0. The quantitative estimate of drug-likeness (QED) is 0.871. The summed E-state index contributed by atoms with van der Waals surface area (Å²) in [4.78, 5) is 11.4. The van der Waals surface area contributed by atoms with Crippen molar-refractivity contribution in [1.29, 1.82) is 0 Å². The second kappa shape index (κ2) is 6.35. The summed E-state index contributed by atoms with van der Waals surface area (Å²) < 4.78 is 5.45. The minimum absolute atomic E-state index is 0.235. The number of hydrogen-bond donors (Lipinski definition) is 1. The van der Waals surface area contributed by atoms with Crippen LogP contribution in [-0.2, 0) is 4.79 Å². The number of carbonyl (C=O) groups is 1. The van der Waals surface area contributed by atoms with E-state index in [2.05, 4.69) is 0 Å². The highest BCUT2D eigenvalue weighted by Gasteiger charge is 2.24. The third-order valence-electron chi connectivity index (χ3n) is 2.54. The first-order valence-electron chi connectivity index (χ1n) is 5.57. The second-order valence-electron chi connectivity index (χ2n) is 3.96. The molecule has 0 heterocycles. The van der Waals surface area contributed by atoms with Crippen LogP contribution in [0.15, 0.2) is 42.5 Å². The average Bonchev–Trinajstić information content (AvgIpc) is 2.39. The van der Waals surface area contributed by atoms with Gasteiger partial charge in [-0.1, -0.05) is 40.9 Å². The van der Waals surface area contributed by atoms with Crippen LogP contribution >= 0.6 is 34.8 Å². The van der Waals surface area contributed by atoms with E-state index in [1.54, 1.807) is 30.3 Å². The lowest BCUT2D eigenvalue weighted by molar-refractivity contribution is -0.145. The Hall–Kier alpha value is -1.42. The van der Waals surface area contributed by atoms with Gasteiger partial charge in [0.05, 0.1) is 0 Å². The van der Waals surface area contributed by atoms with E-state index < -0.39 is 12.1 Å². The molecule has 0 spiro atoms. The van der Waals surface area contributed by atoms with Gasteiger partial charge in [-0.3, -0.25) is 0 Å². The molecular formula is C14H9Cl3O3. The fourth-order valence-corrected chi connectivity index (χ4v) is 2.24. The molecule has 2 aromatic carbocycles. The number of halogens is 3. The number of ether oxygens (including phenoxy) is 1. The molecule has 2 aromatic rings. The molecule has 0 bridgehead atoms. The Balaban J connectivity index is 2.31. The van der Waals surface area contributed by atoms with Gasteiger partial charge in [0.1, 0.15) is 5.75 Å². The average molecular weight is 332 g/mol. The van der Waals surface area contributed by atoms with Gasteiger partial charge in [-0.2, -0.15) is 0 Å². The van der Waals surface area contributed by atoms with E-state index in [0.717, 1.165) is 0 Å². The van der Waals surface area contributed by atoms with Gasteiger partial charge in [0.2, 0.25) is 6.10 Å². The van der Waals surface area contributed by atoms with Crippen LogP contribution in [0, 0.1) is 0 Å². The Bertz CT molecular complexity index is 626. The SMILES string of the molecule is O=C(O)C(Oc1ccc(Cl)cc1)c1ccc(Cl)cc1Cl. The molecule has 20 heavy (non-hydrogen) atoms. The zero-order chi connectivity index (χ0) is 14.7. The highest BCUT2D eigenvalue weighted by Crippen LogP contribution is 2.30. The molecule has 1 N–H and O–H groups in total. The van der Waals surface area contributed by atoms with E-state index in [0.29, 0.717) is 21.4 Å². The molecule has 0 amide bonds. The Morgan fingerprint density at radius 1 is 1.00 bits per heavy atom. The van der Waals surface area contributed by atoms with E-state index in [4.69, 9.17) is 39.5 Å². The maximum Gasteiger partial charge on any atom is 0.349 e. The highest BCUT2D eigenvalue weighted by molar-refractivity contribution is 6.35. The van der Waals surface area contributed by atoms with Gasteiger partial charge >= 0.3 is 5.97 Å². The molecule has 0 saturated carbocycles. The van der Waals surface area contributed by atoms with Crippen LogP contribution in [-0.4, -0.2) is 11.1 Å². The number of hydrogen-bond acceptors (Lipinski definition) is 2. The Morgan fingerprint density at radius 2 is 1.60 bits per heavy atom. The molecule has 0 aliphatic heterocycles. The third-order valence-corrected chi connectivity index (χ3v) is 3.35. The largest absolute Gasteiger partial charge is 0.478 e. The number of carboxylic acids is 1. The fourth-order valence-electron chi connectivity index (χ4n) is 1.61. The molecule has 0 aromatic heterocycles. The van der Waals surface area contributed by atoms with Crippen LogP contribution in [0.1, 0.15) is 11.7 Å². The van der Waals surface area contributed by atoms with Crippen LogP contribution in [0.5, 0.6) is 5.75 Å². The summed E-state index contributed by atoms with van der Waals surface area (Å²) in [7, 11) is 0. The predicted octanol–water partition coefficient (Wildman–Crippen LogP) is 4.85. The molecule has 0 aliphatic rings. The summed E-state index contributed by atoms with van der Waals surface area (Å²) in [5, 5.41) is 10.5. The molecule has 1 unspecified atom stereocenters. The van der Waals surface area contributed by atoms with Gasteiger partial charge < -0.3 is 9.84 Å². The van der Waals surface area contributed by atoms with Crippen molar-refractivity contribution in [3.8, 4) is 5.75 Å². The molecule has 0 aliphatic carbocycles. The second-order valence-corrected chi connectivity index (χ2v) is 5.24. The lowest BCUT2D eigenvalue weighted by Crippen LogP contribution is -2.18. The molecule has 0 saturated heterocycles. The van der Waals surface area contributed by atoms with Crippen LogP contribution in [0.4, 0.5) is 0 Å². The standard InChI is InChI=1S/C14H9Cl3O3/c15-8-1-4-10(5-2-8)20-13(14(18)19)11-6-3-9(16)7-12(11)17/h1-7,13H,(H,18,19). The van der Waals surface area contributed by atoms with Gasteiger partial charge in [-0.05, 0) is 36.4 Å². The highest BCUT2D eigenvalue weighted by atomic mass is 35.5. The van der Waals surface area contributed by atoms with Gasteiger partial charge in [0.25, 0.3) is 0 Å². The van der Waals surface area contributed by atoms with Crippen molar-refractivity contribution in [2.24, 2.45) is 0 Å². The molecule has 3 nitrogen and oxygen atoms in total. The number of aliphatic carboxylic acids is 1. The molecule has 1 atom stereocenters. The minimum Gasteiger partial charge on any atom is -0.478 e. The summed E-state index contributed by atoms with van der Waals surface area (Å²) in [5.41, 5.74) is 0.332. The predicted molar refractivity (Wildman–Crippen MR) is 78.9 cm³/mol. The molecular weight excluding hydrogens is 323 g/mol. The van der Waals surface area contributed by atoms with Crippen LogP contribution in [0.25, 0.3) is 0 Å². The van der Waals surface area contributed by atoms with Crippen molar-refractivity contribution >= 4 is 40.8 Å². The first-order valence-corrected chi connectivity index (χ1v) is 6.71. The smallest absolute Gasteiger partial charge is 0.349 e. The Labute approximate surface area is 130 Å². The molecule has 104 valence electrons. The van der Waals surface area contributed by atoms with Crippen molar-refractivity contribution in [2.45, 2.75) is 6.10 Å². The van der Waals surface area contributed by atoms with E-state index >= 15 is 0 Å². The summed E-state index contributed by atoms with van der Waals surface area (Å²) >= 11 is 17.6. The van der Waals surface area contributed by atoms with E-state index in [1.807, 2.05) is 0 Å². The number of benzene rings is 2. The molecule has 0 fully saturated rings. The van der Waals surface area contributed by atoms with Crippen molar-refractivity contribution in [3.05, 3.63) is 63.1 Å². The van der Waals surface area contributed by atoms with E-state index in [9.17, 15) is 9.90 Å². The third kappa shape index (κ3) is 3.57. The normalized spacial score (nSPS) is 11.9. The molecule has 2 rings (SSSR count). The number of carboxylic acid groups (broad SMARTS) is 1. The van der Waals surface area contributed by atoms with Gasteiger partial charge in [0.15, 0.2) is 0 Å². The topological polar surface area (TPSA) is 46.5 Å². The summed E-state index contributed by atoms with van der Waals surface area (Å²) in [5.74, 6) is -0.767. The van der Waals surface area contributed by atoms with Crippen molar-refractivity contribution in [1.82, 2.24) is 0 Å². The van der Waals surface area contributed by atoms with E-state index in [-0.39, 0.29) is 5.02 Å². The summed E-state index contributed by atoms with van der Waals surface area (Å²) in [6.07, 6.45) is -1.22. The maximum atomic E-state index is 11.4. The Kier molecular flexibility index (Phi) is 4.76. The molecule has 0 radical (unpaired) electrons. The lowest BCUT2D eigenvalue weighted by atomic mass is 10.1. The number of rotatable bonds is 4. The van der Waals surface area contributed by atoms with Gasteiger partial charge in [0, 0.05) is 20.6 Å². The fraction of sp³-hybridized carbons (Fsp3) is 0.0714. The van der Waals surface area contributed by atoms with Crippen LogP contribution in [0.3, 0.4) is 0 Å². The van der Waals surface area contributed by atoms with E-state index in [1.165, 1.54) is 12.1 Å². The Morgan fingerprint density at radius 3 is 2.15 bits per heavy atom. The lowest BCUT2D eigenvalue weighted by Gasteiger charge is -2.16. The zero-order valence-corrected chi connectivity index (χ0v) is 12.3. The van der Waals surface area contributed by atoms with Crippen molar-refractivity contribution in [3.63, 3.8) is 0 Å². The minimum atomic E-state index is -1.22. The molecule has 6 heteroatoms. The van der Waals surface area contributed by atoms with Crippen molar-refractivity contribution < 1.29 is 14.6 Å². The van der Waals surface area contributed by atoms with Gasteiger partial charge in [-0.25, -0.2) is 4.79 Å². The van der Waals surface area contributed by atoms with Crippen LogP contribution < -0.4 is 4.74 Å². The monoisotopic (exact) mass is 330 g/mol. The summed E-state index contributed by atoms with van der Waals surface area (Å²) in [6.45, 7) is 0.